The Morgan fingerprint density at radius 2 is 1.34 bits per heavy atom. The van der Waals surface area contributed by atoms with Crippen molar-refractivity contribution in [3.05, 3.63) is 143 Å². The van der Waals surface area contributed by atoms with Gasteiger partial charge >= 0.3 is 18.0 Å². The third-order valence-electron chi connectivity index (χ3n) is 17.1. The van der Waals surface area contributed by atoms with Crippen LogP contribution in [0.3, 0.4) is 0 Å². The second-order valence-corrected chi connectivity index (χ2v) is 22.6. The summed E-state index contributed by atoms with van der Waals surface area (Å²) >= 11 is 0. The normalized spacial score (nSPS) is 27.4. The van der Waals surface area contributed by atoms with Crippen LogP contribution in [0.15, 0.2) is 126 Å². The molecular formula is C63H82Ac2N2O13. The van der Waals surface area contributed by atoms with E-state index < -0.39 is 107 Å². The Balaban J connectivity index is 0.00000588. The number of ether oxygens (including phenoxy) is 4. The molecule has 1 saturated heterocycles. The van der Waals surface area contributed by atoms with Crippen LogP contribution in [0.2, 0.25) is 0 Å². The van der Waals surface area contributed by atoms with Gasteiger partial charge in [0.2, 0.25) is 6.10 Å². The van der Waals surface area contributed by atoms with Crippen LogP contribution in [0.1, 0.15) is 157 Å². The summed E-state index contributed by atoms with van der Waals surface area (Å²) in [6.45, 7) is 8.27. The van der Waals surface area contributed by atoms with Crippen LogP contribution in [0.5, 0.6) is 0 Å². The molecule has 7 rings (SSSR count). The number of ketones is 1. The Hall–Kier alpha value is -3.09. The van der Waals surface area contributed by atoms with Crippen LogP contribution in [-0.2, 0) is 28.5 Å². The van der Waals surface area contributed by atoms with E-state index in [4.69, 9.17) is 18.9 Å². The fourth-order valence-corrected chi connectivity index (χ4v) is 12.3. The molecule has 0 unspecified atom stereocenters. The van der Waals surface area contributed by atoms with E-state index in [2.05, 4.69) is 36.5 Å². The van der Waals surface area contributed by atoms with Gasteiger partial charge in [0.25, 0.3) is 5.91 Å². The molecule has 428 valence electrons. The Kier molecular flexibility index (Phi) is 25.9. The molecule has 1 aliphatic heterocycles. The molecule has 1 heterocycles. The Bertz CT molecular complexity index is 2630. The van der Waals surface area contributed by atoms with Crippen molar-refractivity contribution in [2.75, 3.05) is 20.2 Å². The van der Waals surface area contributed by atoms with Gasteiger partial charge in [-0.3, -0.25) is 9.59 Å². The second kappa shape index (κ2) is 30.6. The number of hydrogen-bond acceptors (Lipinski definition) is 13. The third kappa shape index (κ3) is 15.0. The number of esters is 2. The van der Waals surface area contributed by atoms with E-state index in [0.29, 0.717) is 18.5 Å². The number of benzene rings is 3. The number of nitrogens with zero attached hydrogens (tertiary/aromatic N) is 1. The van der Waals surface area contributed by atoms with E-state index in [1.54, 1.807) is 107 Å². The summed E-state index contributed by atoms with van der Waals surface area (Å²) in [5, 5.41) is 53.5. The number of nitrogens with one attached hydrogen (secondary N) is 1. The minimum atomic E-state index is -2.37. The maximum Gasteiger partial charge on any atom is 0.410 e. The van der Waals surface area contributed by atoms with E-state index in [-0.39, 0.29) is 123 Å². The number of aliphatic hydroxyl groups excluding tert-OH is 2. The van der Waals surface area contributed by atoms with Gasteiger partial charge < -0.3 is 49.6 Å². The Morgan fingerprint density at radius 1 is 0.775 bits per heavy atom. The minimum absolute atomic E-state index is 0. The molecule has 11 atom stereocenters. The smallest absolute Gasteiger partial charge is 0.410 e. The zero-order valence-electron chi connectivity index (χ0n) is 47.5. The van der Waals surface area contributed by atoms with Crippen LogP contribution >= 0.6 is 0 Å². The number of rotatable bonds is 24. The number of aliphatic hydroxyl groups is 4. The molecule has 15 nitrogen and oxygen atoms in total. The first-order chi connectivity index (χ1) is 37.3. The summed E-state index contributed by atoms with van der Waals surface area (Å²) in [4.78, 5) is 74.3. The molecule has 2 amide bonds. The SMILES string of the molecule is CCCCC/C=C\C/C=C\CCCCCCCCN(C)C(=O)O[C@@H](C(=O)O[C@H]1C[C@@]2(O)[C@@H](OC(=O)c3ccccc3)[C@@H]3[C@]4(O)CO[C@@H]4C[C@H](O)[C@@]3(C)C(=O)[C@H](O)C(=C1C)C2(C)C)[C@@H](NC(=O)c1ccccc1)c1ccccc1.[Ac].[Ac]. The van der Waals surface area contributed by atoms with Gasteiger partial charge in [-0.15, -0.1) is 0 Å². The summed E-state index contributed by atoms with van der Waals surface area (Å²) in [7, 11) is 1.56. The summed E-state index contributed by atoms with van der Waals surface area (Å²) in [5.74, 6) is -5.10. The van der Waals surface area contributed by atoms with E-state index >= 15 is 9.59 Å². The van der Waals surface area contributed by atoms with Crippen molar-refractivity contribution < 1.29 is 151 Å². The topological polar surface area (TPSA) is 218 Å². The number of amides is 2. The average Bonchev–Trinajstić information content (AvgIpc) is 3.10. The predicted octanol–water partition coefficient (Wildman–Crippen LogP) is 9.48. The van der Waals surface area contributed by atoms with Gasteiger partial charge in [-0.2, -0.15) is 0 Å². The van der Waals surface area contributed by atoms with Crippen molar-refractivity contribution in [2.24, 2.45) is 16.7 Å². The first-order valence-electron chi connectivity index (χ1n) is 28.1. The number of unbranched alkanes of at least 4 members (excludes halogenated alkanes) is 9. The molecule has 2 saturated carbocycles. The Labute approximate surface area is 544 Å². The van der Waals surface area contributed by atoms with Gasteiger partial charge in [-0.25, -0.2) is 14.4 Å². The molecule has 5 N–H and O–H groups in total. The number of hydrogen-bond donors (Lipinski definition) is 5. The fourth-order valence-electron chi connectivity index (χ4n) is 12.3. The zero-order valence-corrected chi connectivity index (χ0v) is 57.0. The summed E-state index contributed by atoms with van der Waals surface area (Å²) in [5.41, 5.74) is -7.10. The largest absolute Gasteiger partial charge is 0.455 e. The van der Waals surface area contributed by atoms with Gasteiger partial charge in [0.05, 0.1) is 29.8 Å². The van der Waals surface area contributed by atoms with Crippen LogP contribution < -0.4 is 5.32 Å². The molecule has 3 fully saturated rings. The van der Waals surface area contributed by atoms with E-state index in [0.717, 1.165) is 51.4 Å². The number of Topliss-reactive ketones (excluding diaryl/α,β-unsaturated/α-hetero) is 1. The molecule has 17 heteroatoms. The van der Waals surface area contributed by atoms with E-state index in [1.807, 2.05) is 0 Å². The van der Waals surface area contributed by atoms with E-state index in [1.165, 1.54) is 43.2 Å². The van der Waals surface area contributed by atoms with Gasteiger partial charge in [0.15, 0.2) is 5.78 Å². The Morgan fingerprint density at radius 3 is 1.93 bits per heavy atom. The fraction of sp³-hybridized carbons (Fsp3) is 0.540. The van der Waals surface area contributed by atoms with Gasteiger partial charge in [-0.1, -0.05) is 150 Å². The number of carbonyl (C=O) groups is 5. The van der Waals surface area contributed by atoms with Crippen LogP contribution in [0.25, 0.3) is 0 Å². The molecule has 0 spiro atoms. The molecule has 4 aliphatic rings. The van der Waals surface area contributed by atoms with Gasteiger partial charge in [-0.05, 0) is 93.3 Å². The van der Waals surface area contributed by atoms with Crippen LogP contribution in [-0.4, -0.2) is 123 Å². The van der Waals surface area contributed by atoms with Crippen molar-refractivity contribution in [3.63, 3.8) is 0 Å². The number of fused-ring (bicyclic) bond motifs is 5. The van der Waals surface area contributed by atoms with Crippen LogP contribution in [0, 0.1) is 105 Å². The van der Waals surface area contributed by atoms with Crippen LogP contribution in [0.4, 0.5) is 4.79 Å². The average molecular weight is 1530 g/mol. The van der Waals surface area contributed by atoms with Gasteiger partial charge in [0, 0.05) is 131 Å². The molecule has 3 aromatic carbocycles. The molecule has 0 aromatic heterocycles. The number of carbonyl (C=O) groups excluding carboxylic acids is 5. The maximum absolute atomic E-state index is 15.3. The molecule has 80 heavy (non-hydrogen) atoms. The monoisotopic (exact) mass is 1530 g/mol. The first-order valence-corrected chi connectivity index (χ1v) is 28.1. The van der Waals surface area contributed by atoms with Crippen molar-refractivity contribution >= 4 is 29.7 Å². The first kappa shape index (κ1) is 67.7. The third-order valence-corrected chi connectivity index (χ3v) is 17.1. The van der Waals surface area contributed by atoms with Crippen molar-refractivity contribution in [2.45, 2.75) is 178 Å². The van der Waals surface area contributed by atoms with Crippen molar-refractivity contribution in [1.29, 1.82) is 0 Å². The molecule has 2 radical (unpaired) electrons. The summed E-state index contributed by atoms with van der Waals surface area (Å²) in [6, 6.07) is 23.4. The summed E-state index contributed by atoms with van der Waals surface area (Å²) in [6.07, 6.45) is 10.3. The minimum Gasteiger partial charge on any atom is -0.455 e. The zero-order chi connectivity index (χ0) is 56.3. The van der Waals surface area contributed by atoms with Crippen molar-refractivity contribution in [3.8, 4) is 0 Å². The maximum atomic E-state index is 15.3. The quantitative estimate of drug-likeness (QED) is 0.0245. The number of allylic oxidation sites excluding steroid dienone is 4. The standard InChI is InChI=1S/C63H82N2O13.2Ac/c1-7-8-9-10-11-12-13-14-15-16-17-18-19-20-21-31-38-65(6)59(72)77-52(50(43-32-25-22-26-33-43)64-56(69)44-34-27-23-28-35-44)58(71)76-46-40-63(74)55(78-57(70)45-36-29-24-30-37-45)53-61(5,47(66)39-48-62(53,73)41-75-48)54(68)51(67)49(42(46)2)60(63,3)4;;/h11-12,14-15,22-30,32-37,46-48,50-53,55,66-67,73-74H,7-10,13,16-21,31,38-41H2,1-6H3,(H,64,69);;/b12-11-,15-14-;;/t46-,47-,48+,50-,51+,52+,53-,55-,61+,62-,63+;;/m0../s1. The summed E-state index contributed by atoms with van der Waals surface area (Å²) < 4.78 is 24.7. The molecular weight excluding hydrogens is 1450 g/mol. The van der Waals surface area contributed by atoms with Crippen molar-refractivity contribution in [1.82, 2.24) is 10.2 Å². The molecule has 3 aliphatic carbocycles. The second-order valence-electron chi connectivity index (χ2n) is 22.6. The van der Waals surface area contributed by atoms with E-state index in [9.17, 15) is 34.8 Å². The van der Waals surface area contributed by atoms with Gasteiger partial charge in [0.1, 0.15) is 35.6 Å². The predicted molar refractivity (Wildman–Crippen MR) is 295 cm³/mol. The molecule has 2 bridgehead atoms. The molecule has 3 aromatic rings.